The Morgan fingerprint density at radius 1 is 1.18 bits per heavy atom. The van der Waals surface area contributed by atoms with E-state index in [1.165, 1.54) is 31.2 Å². The summed E-state index contributed by atoms with van der Waals surface area (Å²) in [6.07, 6.45) is 8.73. The van der Waals surface area contributed by atoms with Crippen LogP contribution in [0.1, 0.15) is 50.9 Å². The van der Waals surface area contributed by atoms with Gasteiger partial charge < -0.3 is 15.2 Å². The summed E-state index contributed by atoms with van der Waals surface area (Å²) in [6.45, 7) is 6.90. The fourth-order valence-electron chi connectivity index (χ4n) is 3.73. The zero-order valence-electron chi connectivity index (χ0n) is 17.3. The van der Waals surface area contributed by atoms with Crippen molar-refractivity contribution in [1.82, 2.24) is 25.4 Å². The molecule has 1 aromatic carbocycles. The normalized spacial score (nSPS) is 20.1. The molecule has 2 aromatic rings. The second-order valence-electron chi connectivity index (χ2n) is 7.79. The molecule has 1 fully saturated rings. The average Bonchev–Trinajstić information content (AvgIpc) is 3.18. The van der Waals surface area contributed by atoms with Crippen LogP contribution in [0.5, 0.6) is 0 Å². The number of rotatable bonds is 8. The van der Waals surface area contributed by atoms with Gasteiger partial charge in [-0.2, -0.15) is 0 Å². The molecule has 0 unspecified atom stereocenters. The first kappa shape index (κ1) is 20.4. The SMILES string of the molecule is CCc1nncn1CCNC(=NCCc1ccccc1)NC1CCC(C)CC1. The molecule has 6 heteroatoms. The average molecular weight is 383 g/mol. The molecule has 0 saturated heterocycles. The maximum Gasteiger partial charge on any atom is 0.191 e. The summed E-state index contributed by atoms with van der Waals surface area (Å²) in [5.41, 5.74) is 1.33. The van der Waals surface area contributed by atoms with E-state index in [1.54, 1.807) is 0 Å². The van der Waals surface area contributed by atoms with Crippen molar-refractivity contribution in [3.63, 3.8) is 0 Å². The Balaban J connectivity index is 1.54. The molecule has 0 spiro atoms. The smallest absolute Gasteiger partial charge is 0.191 e. The first-order valence-electron chi connectivity index (χ1n) is 10.7. The predicted octanol–water partition coefficient (Wildman–Crippen LogP) is 3.20. The highest BCUT2D eigenvalue weighted by Crippen LogP contribution is 2.23. The third-order valence-corrected chi connectivity index (χ3v) is 5.53. The zero-order chi connectivity index (χ0) is 19.6. The van der Waals surface area contributed by atoms with Crippen molar-refractivity contribution in [3.8, 4) is 0 Å². The van der Waals surface area contributed by atoms with Crippen LogP contribution in [-0.4, -0.2) is 39.9 Å². The van der Waals surface area contributed by atoms with Crippen LogP contribution in [0.15, 0.2) is 41.7 Å². The van der Waals surface area contributed by atoms with Gasteiger partial charge in [0.2, 0.25) is 0 Å². The third-order valence-electron chi connectivity index (χ3n) is 5.53. The van der Waals surface area contributed by atoms with E-state index < -0.39 is 0 Å². The fraction of sp³-hybridized carbons (Fsp3) is 0.591. The van der Waals surface area contributed by atoms with Gasteiger partial charge in [-0.15, -0.1) is 10.2 Å². The van der Waals surface area contributed by atoms with Gasteiger partial charge >= 0.3 is 0 Å². The van der Waals surface area contributed by atoms with E-state index in [0.717, 1.165) is 50.2 Å². The van der Waals surface area contributed by atoms with E-state index >= 15 is 0 Å². The Labute approximate surface area is 168 Å². The molecule has 1 aromatic heterocycles. The lowest BCUT2D eigenvalue weighted by molar-refractivity contribution is 0.329. The maximum absolute atomic E-state index is 4.85. The molecule has 0 radical (unpaired) electrons. The summed E-state index contributed by atoms with van der Waals surface area (Å²) in [5, 5.41) is 15.4. The molecule has 0 amide bonds. The number of benzene rings is 1. The minimum atomic E-state index is 0.528. The molecule has 1 saturated carbocycles. The Hall–Kier alpha value is -2.37. The lowest BCUT2D eigenvalue weighted by Crippen LogP contribution is -2.45. The fourth-order valence-corrected chi connectivity index (χ4v) is 3.73. The minimum absolute atomic E-state index is 0.528. The predicted molar refractivity (Wildman–Crippen MR) is 114 cm³/mol. The van der Waals surface area contributed by atoms with Gasteiger partial charge in [0.05, 0.1) is 0 Å². The molecule has 1 aliphatic rings. The first-order valence-corrected chi connectivity index (χ1v) is 10.7. The lowest BCUT2D eigenvalue weighted by Gasteiger charge is -2.28. The van der Waals surface area contributed by atoms with E-state index in [1.807, 2.05) is 6.33 Å². The lowest BCUT2D eigenvalue weighted by atomic mass is 9.87. The van der Waals surface area contributed by atoms with Gasteiger partial charge in [0.15, 0.2) is 5.96 Å². The van der Waals surface area contributed by atoms with Crippen molar-refractivity contribution in [2.45, 2.75) is 65.0 Å². The number of hydrogen-bond donors (Lipinski definition) is 2. The maximum atomic E-state index is 4.85. The second-order valence-corrected chi connectivity index (χ2v) is 7.79. The summed E-state index contributed by atoms with van der Waals surface area (Å²) in [7, 11) is 0. The van der Waals surface area contributed by atoms with Crippen LogP contribution in [0.3, 0.4) is 0 Å². The van der Waals surface area contributed by atoms with Crippen LogP contribution in [-0.2, 0) is 19.4 Å². The van der Waals surface area contributed by atoms with Gasteiger partial charge in [-0.1, -0.05) is 44.2 Å². The number of nitrogens with zero attached hydrogens (tertiary/aromatic N) is 4. The molecule has 0 atom stereocenters. The summed E-state index contributed by atoms with van der Waals surface area (Å²) in [5.74, 6) is 2.81. The van der Waals surface area contributed by atoms with Crippen molar-refractivity contribution < 1.29 is 0 Å². The van der Waals surface area contributed by atoms with Crippen molar-refractivity contribution in [2.24, 2.45) is 10.9 Å². The Bertz CT molecular complexity index is 716. The monoisotopic (exact) mass is 382 g/mol. The zero-order valence-corrected chi connectivity index (χ0v) is 17.3. The quantitative estimate of drug-likeness (QED) is 0.543. The van der Waals surface area contributed by atoms with Crippen LogP contribution in [0, 0.1) is 5.92 Å². The van der Waals surface area contributed by atoms with Crippen molar-refractivity contribution in [2.75, 3.05) is 13.1 Å². The van der Waals surface area contributed by atoms with Crippen molar-refractivity contribution >= 4 is 5.96 Å². The Kier molecular flexibility index (Phi) is 7.88. The van der Waals surface area contributed by atoms with Gasteiger partial charge in [0.1, 0.15) is 12.2 Å². The standard InChI is InChI=1S/C22H34N6/c1-3-21-27-25-17-28(21)16-15-24-22(26-20-11-9-18(2)10-12-20)23-14-13-19-7-5-4-6-8-19/h4-8,17-18,20H,3,9-16H2,1-2H3,(H2,23,24,26). The van der Waals surface area contributed by atoms with Gasteiger partial charge in [-0.25, -0.2) is 0 Å². The summed E-state index contributed by atoms with van der Waals surface area (Å²) in [4.78, 5) is 4.85. The van der Waals surface area contributed by atoms with Gasteiger partial charge in [0.25, 0.3) is 0 Å². The van der Waals surface area contributed by atoms with E-state index in [-0.39, 0.29) is 0 Å². The summed E-state index contributed by atoms with van der Waals surface area (Å²) >= 11 is 0. The number of hydrogen-bond acceptors (Lipinski definition) is 3. The van der Waals surface area contributed by atoms with E-state index in [2.05, 4.69) is 69.6 Å². The molecule has 6 nitrogen and oxygen atoms in total. The van der Waals surface area contributed by atoms with E-state index in [0.29, 0.717) is 6.04 Å². The van der Waals surface area contributed by atoms with Crippen LogP contribution in [0.4, 0.5) is 0 Å². The molecule has 152 valence electrons. The largest absolute Gasteiger partial charge is 0.355 e. The highest BCUT2D eigenvalue weighted by atomic mass is 15.3. The van der Waals surface area contributed by atoms with Gasteiger partial charge in [-0.05, 0) is 43.6 Å². The number of aromatic nitrogens is 3. The van der Waals surface area contributed by atoms with Gasteiger partial charge in [0, 0.05) is 32.1 Å². The molecule has 0 aliphatic heterocycles. The second kappa shape index (κ2) is 10.8. The minimum Gasteiger partial charge on any atom is -0.355 e. The molecule has 2 N–H and O–H groups in total. The van der Waals surface area contributed by atoms with Crippen molar-refractivity contribution in [3.05, 3.63) is 48.0 Å². The third kappa shape index (κ3) is 6.36. The molecular formula is C22H34N6. The number of aryl methyl sites for hydroxylation is 1. The molecule has 28 heavy (non-hydrogen) atoms. The first-order chi connectivity index (χ1) is 13.7. The molecule has 3 rings (SSSR count). The number of aliphatic imine (C=N–C) groups is 1. The van der Waals surface area contributed by atoms with Gasteiger partial charge in [-0.3, -0.25) is 4.99 Å². The molecule has 0 bridgehead atoms. The van der Waals surface area contributed by atoms with Crippen LogP contribution in [0.25, 0.3) is 0 Å². The number of guanidine groups is 1. The topological polar surface area (TPSA) is 67.1 Å². The highest BCUT2D eigenvalue weighted by molar-refractivity contribution is 5.80. The van der Waals surface area contributed by atoms with E-state index in [9.17, 15) is 0 Å². The Morgan fingerprint density at radius 2 is 1.96 bits per heavy atom. The van der Waals surface area contributed by atoms with Crippen LogP contribution < -0.4 is 10.6 Å². The highest BCUT2D eigenvalue weighted by Gasteiger charge is 2.19. The van der Waals surface area contributed by atoms with Crippen LogP contribution >= 0.6 is 0 Å². The van der Waals surface area contributed by atoms with E-state index in [4.69, 9.17) is 4.99 Å². The van der Waals surface area contributed by atoms with Crippen LogP contribution in [0.2, 0.25) is 0 Å². The Morgan fingerprint density at radius 3 is 2.71 bits per heavy atom. The number of nitrogens with one attached hydrogen (secondary N) is 2. The molecule has 1 aliphatic carbocycles. The summed E-state index contributed by atoms with van der Waals surface area (Å²) < 4.78 is 2.11. The molecule has 1 heterocycles. The summed E-state index contributed by atoms with van der Waals surface area (Å²) in [6, 6.07) is 11.1. The molecular weight excluding hydrogens is 348 g/mol. The van der Waals surface area contributed by atoms with Crippen molar-refractivity contribution in [1.29, 1.82) is 0 Å².